The third-order valence-corrected chi connectivity index (χ3v) is 12.8. The molecule has 0 radical (unpaired) electrons. The van der Waals surface area contributed by atoms with Crippen LogP contribution in [-0.4, -0.2) is 113 Å². The fourth-order valence-electron chi connectivity index (χ4n) is 9.34. The lowest BCUT2D eigenvalue weighted by atomic mass is 9.84. The highest BCUT2D eigenvalue weighted by molar-refractivity contribution is 5.98. The minimum absolute atomic E-state index is 0.00114. The van der Waals surface area contributed by atoms with Gasteiger partial charge in [-0.25, -0.2) is 4.39 Å². The molecule has 1 unspecified atom stereocenters. The van der Waals surface area contributed by atoms with Gasteiger partial charge >= 0.3 is 0 Å². The number of hydrogen-bond donors (Lipinski definition) is 10. The summed E-state index contributed by atoms with van der Waals surface area (Å²) in [5.74, 6) is -4.82. The molecule has 6 atom stereocenters. The van der Waals surface area contributed by atoms with Crippen molar-refractivity contribution in [3.05, 3.63) is 71.7 Å². The number of aromatic amines is 1. The number of H-pyrrole nitrogens is 1. The molecule has 0 spiro atoms. The molecule has 2 aromatic carbocycles. The Bertz CT molecular complexity index is 2230. The van der Waals surface area contributed by atoms with Crippen LogP contribution in [0.4, 0.5) is 4.39 Å². The van der Waals surface area contributed by atoms with E-state index in [1.165, 1.54) is 30.0 Å². The number of benzene rings is 2. The topological polar surface area (TPSA) is 273 Å². The Labute approximate surface area is 383 Å². The van der Waals surface area contributed by atoms with Gasteiger partial charge in [0.1, 0.15) is 42.1 Å². The molecule has 18 nitrogen and oxygen atoms in total. The van der Waals surface area contributed by atoms with Crippen molar-refractivity contribution >= 4 is 58.2 Å². The highest BCUT2D eigenvalue weighted by atomic mass is 19.1. The van der Waals surface area contributed by atoms with Crippen LogP contribution in [0.3, 0.4) is 0 Å². The number of nitrogens with two attached hydrogens (primary N) is 1. The molecule has 1 saturated carbocycles. The number of aromatic nitrogens is 1. The maximum atomic E-state index is 14.8. The number of rotatable bonds is 13. The van der Waals surface area contributed by atoms with Crippen molar-refractivity contribution in [1.29, 1.82) is 5.41 Å². The molecule has 7 amide bonds. The molecule has 11 N–H and O–H groups in total. The molecule has 3 aromatic rings. The van der Waals surface area contributed by atoms with E-state index in [2.05, 4.69) is 42.2 Å². The summed E-state index contributed by atoms with van der Waals surface area (Å²) in [5, 5.41) is 28.1. The number of nitrogens with zero attached hydrogens (tertiary/aromatic N) is 1. The molecule has 2 saturated heterocycles. The van der Waals surface area contributed by atoms with Crippen LogP contribution in [-0.2, 0) is 46.4 Å². The lowest BCUT2D eigenvalue weighted by molar-refractivity contribution is -0.142. The summed E-state index contributed by atoms with van der Waals surface area (Å²) >= 11 is 0. The van der Waals surface area contributed by atoms with E-state index in [-0.39, 0.29) is 69.2 Å². The van der Waals surface area contributed by atoms with Crippen LogP contribution in [0.25, 0.3) is 10.9 Å². The van der Waals surface area contributed by atoms with Gasteiger partial charge in [0.05, 0.1) is 0 Å². The van der Waals surface area contributed by atoms with Crippen molar-refractivity contribution in [1.82, 2.24) is 47.1 Å². The van der Waals surface area contributed by atoms with E-state index in [0.717, 1.165) is 48.6 Å². The second kappa shape index (κ2) is 23.6. The van der Waals surface area contributed by atoms with Gasteiger partial charge in [-0.2, -0.15) is 0 Å². The van der Waals surface area contributed by atoms with E-state index in [0.29, 0.717) is 25.7 Å². The quantitative estimate of drug-likeness (QED) is 0.0678. The molecule has 66 heavy (non-hydrogen) atoms. The zero-order valence-electron chi connectivity index (χ0n) is 37.5. The molecule has 1 aliphatic carbocycles. The number of halogens is 1. The minimum atomic E-state index is -1.25. The van der Waals surface area contributed by atoms with Crippen molar-refractivity contribution in [2.45, 2.75) is 133 Å². The van der Waals surface area contributed by atoms with Crippen molar-refractivity contribution in [2.24, 2.45) is 11.7 Å². The molecular formula is C47H64FN11O7. The van der Waals surface area contributed by atoms with E-state index in [4.69, 9.17) is 11.1 Å². The Morgan fingerprint density at radius 1 is 0.833 bits per heavy atom. The number of amides is 7. The van der Waals surface area contributed by atoms with Gasteiger partial charge in [0.2, 0.25) is 41.4 Å². The van der Waals surface area contributed by atoms with Crippen LogP contribution in [0.2, 0.25) is 0 Å². The maximum absolute atomic E-state index is 14.8. The van der Waals surface area contributed by atoms with E-state index in [1.54, 1.807) is 12.3 Å². The third-order valence-electron chi connectivity index (χ3n) is 12.8. The molecular weight excluding hydrogens is 850 g/mol. The Kier molecular flexibility index (Phi) is 17.5. The molecule has 6 rings (SSSR count). The number of carbonyl (C=O) groups is 7. The number of para-hydroxylation sites is 1. The Morgan fingerprint density at radius 2 is 1.55 bits per heavy atom. The zero-order valence-corrected chi connectivity index (χ0v) is 37.5. The average Bonchev–Trinajstić information content (AvgIpc) is 3.96. The standard InChI is InChI=1S/C47H64FN11O7/c1-28(60)54-38(25-30-14-5-7-16-33(30)48)43(63)56-36-19-10-21-51-41(61)35(18-9-22-52-47(49)50)55-44(64)39(26-31-27-53-34-17-8-6-15-32(31)34)57-42(62)37(24-29-12-3-2-4-13-29)58-45(65)40-20-11-23-59(40)46(36)66/h5-8,14-17,27,29,35-40,53H,2-4,9-13,18-26H2,1H3,(H,51,61)(H,54,60)(H,55,64)(H,56,63)(H,57,62)(H,58,65)(H4,49,50,52)/t35-,36-,37+,38?,39-,40-/m0/s1. The molecule has 356 valence electrons. The minimum Gasteiger partial charge on any atom is -0.370 e. The summed E-state index contributed by atoms with van der Waals surface area (Å²) in [6.07, 6.45) is 8.08. The fraction of sp³-hybridized carbons (Fsp3) is 0.532. The van der Waals surface area contributed by atoms with Crippen LogP contribution < -0.4 is 43.0 Å². The van der Waals surface area contributed by atoms with Crippen LogP contribution in [0.5, 0.6) is 0 Å². The lowest BCUT2D eigenvalue weighted by Crippen LogP contribution is -2.60. The smallest absolute Gasteiger partial charge is 0.245 e. The van der Waals surface area contributed by atoms with Gasteiger partial charge in [-0.3, -0.25) is 39.0 Å². The third kappa shape index (κ3) is 13.5. The largest absolute Gasteiger partial charge is 0.370 e. The van der Waals surface area contributed by atoms with Crippen molar-refractivity contribution in [2.75, 3.05) is 19.6 Å². The number of fused-ring (bicyclic) bond motifs is 2. The Hall–Kier alpha value is -6.53. The van der Waals surface area contributed by atoms with Gasteiger partial charge in [-0.1, -0.05) is 68.5 Å². The van der Waals surface area contributed by atoms with Crippen LogP contribution in [0.15, 0.2) is 54.7 Å². The monoisotopic (exact) mass is 913 g/mol. The first-order chi connectivity index (χ1) is 31.8. The predicted octanol–water partition coefficient (Wildman–Crippen LogP) is 1.67. The molecule has 3 heterocycles. The summed E-state index contributed by atoms with van der Waals surface area (Å²) in [4.78, 5) is 103. The second-order valence-corrected chi connectivity index (χ2v) is 17.7. The normalized spacial score (nSPS) is 23.3. The van der Waals surface area contributed by atoms with Gasteiger partial charge in [0, 0.05) is 56.5 Å². The fourth-order valence-corrected chi connectivity index (χ4v) is 9.34. The van der Waals surface area contributed by atoms with Crippen molar-refractivity contribution in [3.8, 4) is 0 Å². The van der Waals surface area contributed by atoms with Crippen LogP contribution in [0.1, 0.15) is 95.1 Å². The molecule has 0 bridgehead atoms. The van der Waals surface area contributed by atoms with E-state index in [1.807, 2.05) is 24.3 Å². The summed E-state index contributed by atoms with van der Waals surface area (Å²) in [6.45, 7) is 1.67. The van der Waals surface area contributed by atoms with E-state index >= 15 is 0 Å². The van der Waals surface area contributed by atoms with Gasteiger partial charge in [0.25, 0.3) is 0 Å². The summed E-state index contributed by atoms with van der Waals surface area (Å²) in [6, 6.07) is 6.62. The molecule has 1 aromatic heterocycles. The first kappa shape index (κ1) is 48.9. The van der Waals surface area contributed by atoms with Gasteiger partial charge < -0.3 is 52.8 Å². The van der Waals surface area contributed by atoms with Gasteiger partial charge in [-0.05, 0) is 74.1 Å². The molecule has 3 fully saturated rings. The Balaban J connectivity index is 1.31. The van der Waals surface area contributed by atoms with Crippen molar-refractivity contribution in [3.63, 3.8) is 0 Å². The van der Waals surface area contributed by atoms with Gasteiger partial charge in [0.15, 0.2) is 5.96 Å². The van der Waals surface area contributed by atoms with E-state index < -0.39 is 83.4 Å². The number of guanidine groups is 1. The SMILES string of the molecule is CC(=O)NC(Cc1ccccc1F)C(=O)N[C@H]1CCCNC(=O)[C@H](CCCNC(=N)N)NC(=O)[C@H](Cc2c[nH]c3ccccc23)NC(=O)[C@@H](CC2CCCCC2)NC(=O)[C@@H]2CCCN2C1=O. The zero-order chi connectivity index (χ0) is 47.2. The summed E-state index contributed by atoms with van der Waals surface area (Å²) in [7, 11) is 0. The predicted molar refractivity (Wildman–Crippen MR) is 245 cm³/mol. The molecule has 19 heteroatoms. The van der Waals surface area contributed by atoms with Crippen LogP contribution in [0, 0.1) is 17.1 Å². The number of carbonyl (C=O) groups excluding carboxylic acids is 7. The molecule has 3 aliphatic rings. The first-order valence-electron chi connectivity index (χ1n) is 23.2. The summed E-state index contributed by atoms with van der Waals surface area (Å²) < 4.78 is 14.8. The highest BCUT2D eigenvalue weighted by Gasteiger charge is 2.40. The average molecular weight is 914 g/mol. The second-order valence-electron chi connectivity index (χ2n) is 17.7. The van der Waals surface area contributed by atoms with Crippen LogP contribution >= 0.6 is 0 Å². The highest BCUT2D eigenvalue weighted by Crippen LogP contribution is 2.28. The number of nitrogens with one attached hydrogen (secondary N) is 9. The lowest BCUT2D eigenvalue weighted by Gasteiger charge is -2.32. The Morgan fingerprint density at radius 3 is 2.30 bits per heavy atom. The maximum Gasteiger partial charge on any atom is 0.245 e. The first-order valence-corrected chi connectivity index (χ1v) is 23.2. The van der Waals surface area contributed by atoms with Crippen molar-refractivity contribution < 1.29 is 38.0 Å². The number of hydrogen-bond acceptors (Lipinski definition) is 8. The summed E-state index contributed by atoms with van der Waals surface area (Å²) in [5.41, 5.74) is 7.26. The molecule has 2 aliphatic heterocycles. The van der Waals surface area contributed by atoms with E-state index in [9.17, 15) is 38.0 Å². The van der Waals surface area contributed by atoms with Gasteiger partial charge in [-0.15, -0.1) is 0 Å².